The van der Waals surface area contributed by atoms with E-state index in [-0.39, 0.29) is 6.10 Å². The first-order valence-corrected chi connectivity index (χ1v) is 9.46. The minimum Gasteiger partial charge on any atom is -0.371 e. The van der Waals surface area contributed by atoms with Gasteiger partial charge in [0.25, 0.3) is 0 Å². The van der Waals surface area contributed by atoms with Gasteiger partial charge in [-0.15, -0.1) is 0 Å². The maximum absolute atomic E-state index is 12.6. The van der Waals surface area contributed by atoms with Crippen molar-refractivity contribution < 1.29 is 13.2 Å². The second-order valence-corrected chi connectivity index (χ2v) is 7.42. The number of aryl methyl sites for hydroxylation is 1. The molecule has 6 nitrogen and oxygen atoms in total. The summed E-state index contributed by atoms with van der Waals surface area (Å²) >= 11 is 0. The van der Waals surface area contributed by atoms with Crippen molar-refractivity contribution in [3.05, 3.63) is 59.3 Å². The van der Waals surface area contributed by atoms with E-state index in [1.807, 2.05) is 43.5 Å². The molecule has 1 aromatic carbocycles. The van der Waals surface area contributed by atoms with E-state index >= 15 is 0 Å². The fraction of sp³-hybridized carbons (Fsp3) is 0.353. The van der Waals surface area contributed by atoms with E-state index < -0.39 is 10.0 Å². The fourth-order valence-corrected chi connectivity index (χ4v) is 3.77. The lowest BCUT2D eigenvalue weighted by Gasteiger charge is -2.30. The highest BCUT2D eigenvalue weighted by Gasteiger charge is 2.29. The standard InChI is InChI=1S/C17H21N3O3S/c1-2-19-13-16(12-18-19)17-14-20(9-10-23-17)24(21,22)11-8-15-6-4-3-5-7-15/h3-8,11-13,17H,2,9-10,14H2,1H3/b11-8+. The van der Waals surface area contributed by atoms with Crippen molar-refractivity contribution >= 4 is 16.1 Å². The van der Waals surface area contributed by atoms with Crippen LogP contribution < -0.4 is 0 Å². The molecule has 128 valence electrons. The molecule has 7 heteroatoms. The van der Waals surface area contributed by atoms with Crippen LogP contribution in [0.4, 0.5) is 0 Å². The Bertz CT molecular complexity index is 799. The molecule has 0 aliphatic carbocycles. The molecule has 1 aromatic heterocycles. The molecule has 0 spiro atoms. The van der Waals surface area contributed by atoms with Crippen molar-refractivity contribution in [2.75, 3.05) is 19.7 Å². The molecule has 24 heavy (non-hydrogen) atoms. The van der Waals surface area contributed by atoms with Gasteiger partial charge in [-0.05, 0) is 18.6 Å². The highest BCUT2D eigenvalue weighted by Crippen LogP contribution is 2.24. The Morgan fingerprint density at radius 3 is 2.83 bits per heavy atom. The largest absolute Gasteiger partial charge is 0.371 e. The third kappa shape index (κ3) is 3.92. The number of ether oxygens (including phenoxy) is 1. The number of sulfonamides is 1. The number of hydrogen-bond donors (Lipinski definition) is 0. The zero-order valence-electron chi connectivity index (χ0n) is 13.6. The highest BCUT2D eigenvalue weighted by atomic mass is 32.2. The lowest BCUT2D eigenvalue weighted by Crippen LogP contribution is -2.41. The Morgan fingerprint density at radius 2 is 2.12 bits per heavy atom. The smallest absolute Gasteiger partial charge is 0.236 e. The van der Waals surface area contributed by atoms with Crippen molar-refractivity contribution in [1.82, 2.24) is 14.1 Å². The van der Waals surface area contributed by atoms with Crippen LogP contribution in [-0.2, 0) is 21.3 Å². The van der Waals surface area contributed by atoms with Crippen LogP contribution in [0.2, 0.25) is 0 Å². The number of rotatable bonds is 5. The van der Waals surface area contributed by atoms with E-state index in [0.717, 1.165) is 17.7 Å². The minimum absolute atomic E-state index is 0.279. The van der Waals surface area contributed by atoms with Crippen LogP contribution >= 0.6 is 0 Å². The zero-order chi connectivity index (χ0) is 17.0. The van der Waals surface area contributed by atoms with Crippen molar-refractivity contribution in [3.8, 4) is 0 Å². The molecule has 1 unspecified atom stereocenters. The molecule has 0 N–H and O–H groups in total. The zero-order valence-corrected chi connectivity index (χ0v) is 14.4. The van der Waals surface area contributed by atoms with Gasteiger partial charge in [-0.1, -0.05) is 30.3 Å². The van der Waals surface area contributed by atoms with Crippen LogP contribution in [0.25, 0.3) is 6.08 Å². The summed E-state index contributed by atoms with van der Waals surface area (Å²) in [6, 6.07) is 9.39. The summed E-state index contributed by atoms with van der Waals surface area (Å²) in [5.41, 5.74) is 1.76. The van der Waals surface area contributed by atoms with Crippen molar-refractivity contribution in [3.63, 3.8) is 0 Å². The van der Waals surface area contributed by atoms with E-state index in [0.29, 0.717) is 19.7 Å². The topological polar surface area (TPSA) is 64.4 Å². The second-order valence-electron chi connectivity index (χ2n) is 5.61. The van der Waals surface area contributed by atoms with Crippen LogP contribution in [0.3, 0.4) is 0 Å². The van der Waals surface area contributed by atoms with Gasteiger partial charge in [0.15, 0.2) is 0 Å². The number of aromatic nitrogens is 2. The molecule has 1 aliphatic heterocycles. The molecule has 1 aliphatic rings. The van der Waals surface area contributed by atoms with Gasteiger partial charge in [0.1, 0.15) is 0 Å². The first-order chi connectivity index (χ1) is 11.6. The highest BCUT2D eigenvalue weighted by molar-refractivity contribution is 7.92. The fourth-order valence-electron chi connectivity index (χ4n) is 2.59. The average Bonchev–Trinajstić information content (AvgIpc) is 3.10. The number of morpholine rings is 1. The minimum atomic E-state index is -3.48. The predicted octanol–water partition coefficient (Wildman–Crippen LogP) is 2.28. The molecule has 1 atom stereocenters. The summed E-state index contributed by atoms with van der Waals surface area (Å²) in [6.45, 7) is 3.81. The van der Waals surface area contributed by atoms with Crippen LogP contribution in [-0.4, -0.2) is 42.2 Å². The van der Waals surface area contributed by atoms with Crippen LogP contribution in [0.15, 0.2) is 48.1 Å². The van der Waals surface area contributed by atoms with E-state index in [1.54, 1.807) is 17.0 Å². The third-order valence-electron chi connectivity index (χ3n) is 3.97. The van der Waals surface area contributed by atoms with Crippen LogP contribution in [0.5, 0.6) is 0 Å². The molecule has 2 aromatic rings. The number of benzene rings is 1. The van der Waals surface area contributed by atoms with Gasteiger partial charge in [-0.3, -0.25) is 4.68 Å². The maximum atomic E-state index is 12.6. The quantitative estimate of drug-likeness (QED) is 0.832. The Balaban J connectivity index is 1.72. The van der Waals surface area contributed by atoms with E-state index in [9.17, 15) is 8.42 Å². The molecule has 1 fully saturated rings. The Morgan fingerprint density at radius 1 is 1.33 bits per heavy atom. The lowest BCUT2D eigenvalue weighted by atomic mass is 10.2. The Kier molecular flexibility index (Phi) is 5.13. The van der Waals surface area contributed by atoms with Gasteiger partial charge in [0.2, 0.25) is 10.0 Å². The monoisotopic (exact) mass is 347 g/mol. The number of hydrogen-bond acceptors (Lipinski definition) is 4. The molecule has 0 radical (unpaired) electrons. The van der Waals surface area contributed by atoms with Crippen molar-refractivity contribution in [2.45, 2.75) is 19.6 Å². The molecular weight excluding hydrogens is 326 g/mol. The molecular formula is C17H21N3O3S. The SMILES string of the molecule is CCn1cc(C2CN(S(=O)(=O)/C=C/c3ccccc3)CCO2)cn1. The van der Waals surface area contributed by atoms with E-state index in [1.165, 1.54) is 9.71 Å². The third-order valence-corrected chi connectivity index (χ3v) is 5.50. The van der Waals surface area contributed by atoms with Crippen molar-refractivity contribution in [2.24, 2.45) is 0 Å². The lowest BCUT2D eigenvalue weighted by molar-refractivity contribution is -0.00221. The van der Waals surface area contributed by atoms with Gasteiger partial charge in [-0.2, -0.15) is 9.40 Å². The molecule has 0 saturated carbocycles. The molecule has 0 amide bonds. The summed E-state index contributed by atoms with van der Waals surface area (Å²) in [5.74, 6) is 0. The van der Waals surface area contributed by atoms with Crippen molar-refractivity contribution in [1.29, 1.82) is 0 Å². The van der Waals surface area contributed by atoms with Gasteiger partial charge < -0.3 is 4.74 Å². The van der Waals surface area contributed by atoms with Gasteiger partial charge in [0.05, 0.1) is 18.9 Å². The van der Waals surface area contributed by atoms with Gasteiger partial charge in [0, 0.05) is 36.8 Å². The molecule has 1 saturated heterocycles. The number of nitrogens with zero attached hydrogens (tertiary/aromatic N) is 3. The molecule has 3 rings (SSSR count). The van der Waals surface area contributed by atoms with E-state index in [2.05, 4.69) is 5.10 Å². The van der Waals surface area contributed by atoms with E-state index in [4.69, 9.17) is 4.74 Å². The normalized spacial score (nSPS) is 19.8. The van der Waals surface area contributed by atoms with Crippen LogP contribution in [0.1, 0.15) is 24.2 Å². The maximum Gasteiger partial charge on any atom is 0.236 e. The summed E-state index contributed by atoms with van der Waals surface area (Å²) in [4.78, 5) is 0. The molecule has 2 heterocycles. The summed E-state index contributed by atoms with van der Waals surface area (Å²) in [6.07, 6.45) is 4.98. The van der Waals surface area contributed by atoms with Gasteiger partial charge >= 0.3 is 0 Å². The second kappa shape index (κ2) is 7.29. The predicted molar refractivity (Wildman–Crippen MR) is 92.6 cm³/mol. The Hall–Kier alpha value is -1.96. The molecule has 0 bridgehead atoms. The van der Waals surface area contributed by atoms with Crippen LogP contribution in [0, 0.1) is 0 Å². The summed E-state index contributed by atoms with van der Waals surface area (Å²) in [5, 5.41) is 5.49. The van der Waals surface area contributed by atoms with Gasteiger partial charge in [-0.25, -0.2) is 8.42 Å². The summed E-state index contributed by atoms with van der Waals surface area (Å²) in [7, 11) is -3.48. The first kappa shape index (κ1) is 16.9. The first-order valence-electron chi connectivity index (χ1n) is 7.96. The summed E-state index contributed by atoms with van der Waals surface area (Å²) < 4.78 is 34.1. The Labute approximate surface area is 142 Å². The average molecular weight is 347 g/mol.